The van der Waals surface area contributed by atoms with Crippen molar-refractivity contribution in [1.29, 1.82) is 0 Å². The van der Waals surface area contributed by atoms with Crippen molar-refractivity contribution in [3.63, 3.8) is 0 Å². The van der Waals surface area contributed by atoms with Crippen LogP contribution in [0.3, 0.4) is 0 Å². The van der Waals surface area contributed by atoms with Gasteiger partial charge in [0.05, 0.1) is 13.0 Å². The average Bonchev–Trinajstić information content (AvgIpc) is 3.41. The van der Waals surface area contributed by atoms with E-state index in [4.69, 9.17) is 4.74 Å². The first-order valence-corrected chi connectivity index (χ1v) is 12.7. The number of rotatable bonds is 6. The Morgan fingerprint density at radius 2 is 1.79 bits per heavy atom. The van der Waals surface area contributed by atoms with Crippen molar-refractivity contribution >= 4 is 11.8 Å². The number of amides is 2. The predicted molar refractivity (Wildman–Crippen MR) is 127 cm³/mol. The average molecular weight is 461 g/mol. The predicted octanol–water partition coefficient (Wildman–Crippen LogP) is 2.82. The molecule has 0 aromatic heterocycles. The quantitative estimate of drug-likeness (QED) is 0.695. The Hall–Kier alpha value is -2.86. The van der Waals surface area contributed by atoms with Gasteiger partial charge in [-0.05, 0) is 35.6 Å². The number of hydrogen-bond acceptors (Lipinski definition) is 4. The molecular formula is C28H32N2O4. The number of fused-ring (bicyclic) bond motifs is 2. The molecule has 3 atom stereocenters. The van der Waals surface area contributed by atoms with E-state index in [1.54, 1.807) is 0 Å². The summed E-state index contributed by atoms with van der Waals surface area (Å²) in [5, 5.41) is 14.8. The lowest BCUT2D eigenvalue weighted by Gasteiger charge is -2.33. The summed E-state index contributed by atoms with van der Waals surface area (Å²) in [6.07, 6.45) is 5.15. The van der Waals surface area contributed by atoms with Crippen molar-refractivity contribution < 1.29 is 19.4 Å². The highest BCUT2D eigenvalue weighted by Gasteiger charge is 2.59. The second-order valence-corrected chi connectivity index (χ2v) is 10.5. The molecule has 2 saturated carbocycles. The van der Waals surface area contributed by atoms with Gasteiger partial charge in [-0.3, -0.25) is 9.59 Å². The van der Waals surface area contributed by atoms with Gasteiger partial charge in [-0.25, -0.2) is 0 Å². The fourth-order valence-corrected chi connectivity index (χ4v) is 6.43. The maximum atomic E-state index is 13.4. The van der Waals surface area contributed by atoms with Crippen LogP contribution in [0.2, 0.25) is 0 Å². The smallest absolute Gasteiger partial charge is 0.257 e. The molecule has 6 heteroatoms. The third-order valence-electron chi connectivity index (χ3n) is 8.46. The highest BCUT2D eigenvalue weighted by Crippen LogP contribution is 2.47. The molecule has 34 heavy (non-hydrogen) atoms. The van der Waals surface area contributed by atoms with E-state index in [2.05, 4.69) is 11.4 Å². The molecular weight excluding hydrogens is 428 g/mol. The van der Waals surface area contributed by atoms with Crippen LogP contribution >= 0.6 is 0 Å². The fourth-order valence-electron chi connectivity index (χ4n) is 6.43. The van der Waals surface area contributed by atoms with Crippen LogP contribution in [0.4, 0.5) is 0 Å². The van der Waals surface area contributed by atoms with Gasteiger partial charge < -0.3 is 20.1 Å². The molecule has 0 spiro atoms. The molecule has 2 aromatic rings. The number of hydrogen-bond donors (Lipinski definition) is 2. The molecule has 0 bridgehead atoms. The Labute approximate surface area is 200 Å². The van der Waals surface area contributed by atoms with Crippen molar-refractivity contribution in [2.24, 2.45) is 17.8 Å². The zero-order valence-corrected chi connectivity index (χ0v) is 19.4. The van der Waals surface area contributed by atoms with Gasteiger partial charge >= 0.3 is 0 Å². The van der Waals surface area contributed by atoms with E-state index in [9.17, 15) is 14.7 Å². The van der Waals surface area contributed by atoms with Crippen LogP contribution in [0.25, 0.3) is 0 Å². The van der Waals surface area contributed by atoms with Gasteiger partial charge in [-0.2, -0.15) is 0 Å². The van der Waals surface area contributed by atoms with Gasteiger partial charge in [-0.15, -0.1) is 0 Å². The topological polar surface area (TPSA) is 78.9 Å². The molecule has 2 amide bonds. The lowest BCUT2D eigenvalue weighted by molar-refractivity contribution is -0.147. The van der Waals surface area contributed by atoms with Crippen molar-refractivity contribution in [3.05, 3.63) is 65.2 Å². The first-order valence-electron chi connectivity index (χ1n) is 12.7. The third kappa shape index (κ3) is 3.68. The van der Waals surface area contributed by atoms with Crippen molar-refractivity contribution in [3.8, 4) is 5.75 Å². The summed E-state index contributed by atoms with van der Waals surface area (Å²) in [6, 6.07) is 15.5. The minimum atomic E-state index is -1.48. The number of nitrogens with one attached hydrogen (secondary N) is 1. The van der Waals surface area contributed by atoms with E-state index < -0.39 is 5.60 Å². The molecule has 2 aliphatic carbocycles. The molecule has 1 saturated heterocycles. The van der Waals surface area contributed by atoms with E-state index in [-0.39, 0.29) is 35.6 Å². The summed E-state index contributed by atoms with van der Waals surface area (Å²) < 4.78 is 5.56. The number of aliphatic hydroxyl groups is 1. The first kappa shape index (κ1) is 21.7. The summed E-state index contributed by atoms with van der Waals surface area (Å²) in [7, 11) is 0. The molecule has 6 nitrogen and oxygen atoms in total. The molecule has 3 unspecified atom stereocenters. The highest BCUT2D eigenvalue weighted by atomic mass is 16.5. The van der Waals surface area contributed by atoms with E-state index >= 15 is 0 Å². The van der Waals surface area contributed by atoms with Crippen LogP contribution in [0.15, 0.2) is 48.5 Å². The summed E-state index contributed by atoms with van der Waals surface area (Å²) in [4.78, 5) is 28.3. The van der Waals surface area contributed by atoms with E-state index in [0.29, 0.717) is 25.1 Å². The van der Waals surface area contributed by atoms with E-state index in [1.807, 2.05) is 47.4 Å². The van der Waals surface area contributed by atoms with Crippen LogP contribution in [-0.4, -0.2) is 47.6 Å². The first-order chi connectivity index (χ1) is 16.5. The van der Waals surface area contributed by atoms with Crippen LogP contribution in [0.5, 0.6) is 5.75 Å². The van der Waals surface area contributed by atoms with Crippen molar-refractivity contribution in [1.82, 2.24) is 10.2 Å². The monoisotopic (exact) mass is 460 g/mol. The zero-order valence-electron chi connectivity index (χ0n) is 19.4. The number of likely N-dealkylation sites (tertiary alicyclic amines) is 1. The second-order valence-electron chi connectivity index (χ2n) is 10.5. The lowest BCUT2D eigenvalue weighted by Crippen LogP contribution is -2.51. The van der Waals surface area contributed by atoms with Gasteiger partial charge in [0.1, 0.15) is 5.75 Å². The zero-order chi connectivity index (χ0) is 23.3. The molecule has 0 radical (unpaired) electrons. The lowest BCUT2D eigenvalue weighted by atomic mass is 9.79. The van der Waals surface area contributed by atoms with Crippen LogP contribution in [0.1, 0.15) is 42.4 Å². The maximum Gasteiger partial charge on any atom is 0.257 e. The Balaban J connectivity index is 1.07. The van der Waals surface area contributed by atoms with Gasteiger partial charge in [0.2, 0.25) is 5.91 Å². The molecule has 2 aliphatic heterocycles. The molecule has 3 fully saturated rings. The van der Waals surface area contributed by atoms with Crippen LogP contribution in [0, 0.1) is 17.8 Å². The van der Waals surface area contributed by atoms with Crippen LogP contribution < -0.4 is 10.1 Å². The highest BCUT2D eigenvalue weighted by molar-refractivity contribution is 5.87. The summed E-state index contributed by atoms with van der Waals surface area (Å²) in [5.41, 5.74) is 1.41. The maximum absolute atomic E-state index is 13.4. The molecule has 2 aromatic carbocycles. The van der Waals surface area contributed by atoms with Gasteiger partial charge in [0.15, 0.2) is 5.60 Å². The van der Waals surface area contributed by atoms with Gasteiger partial charge in [-0.1, -0.05) is 55.3 Å². The molecule has 4 aliphatic rings. The number of benzene rings is 2. The molecule has 2 N–H and O–H groups in total. The molecule has 178 valence electrons. The van der Waals surface area contributed by atoms with Gasteiger partial charge in [0, 0.05) is 43.3 Å². The van der Waals surface area contributed by atoms with E-state index in [0.717, 1.165) is 50.0 Å². The summed E-state index contributed by atoms with van der Waals surface area (Å²) >= 11 is 0. The minimum absolute atomic E-state index is 0.0466. The van der Waals surface area contributed by atoms with Crippen molar-refractivity contribution in [2.75, 3.05) is 19.7 Å². The summed E-state index contributed by atoms with van der Waals surface area (Å²) in [6.45, 7) is 2.07. The Bertz CT molecular complexity index is 1080. The minimum Gasteiger partial charge on any atom is -0.493 e. The number of carbonyl (C=O) groups is 2. The van der Waals surface area contributed by atoms with Crippen molar-refractivity contribution in [2.45, 2.75) is 50.2 Å². The number of carbonyl (C=O) groups excluding carboxylic acids is 2. The molecule has 6 rings (SSSR count). The third-order valence-corrected chi connectivity index (χ3v) is 8.46. The normalized spacial score (nSPS) is 27.0. The standard InChI is InChI=1S/C28H32N2O4/c31-25(15-18-10-11-24-19(14-18)12-13-34-24)30-16-22-23(17-30)26(22)29-27(32)28(33,21-8-4-5-9-21)20-6-2-1-3-7-20/h1-3,6-7,10-11,14,21-23,26,33H,4-5,8-9,12-13,15-17H2,(H,29,32). The number of ether oxygens (including phenoxy) is 1. The van der Waals surface area contributed by atoms with Gasteiger partial charge in [0.25, 0.3) is 5.91 Å². The SMILES string of the molecule is O=C(Cc1ccc2c(c1)CCO2)N1CC2C(C1)C2NC(=O)C(O)(c1ccccc1)C1CCCC1. The molecule has 2 heterocycles. The van der Waals surface area contributed by atoms with E-state index in [1.165, 1.54) is 5.56 Å². The largest absolute Gasteiger partial charge is 0.493 e. The summed E-state index contributed by atoms with van der Waals surface area (Å²) in [5.74, 6) is 1.32. The second kappa shape index (κ2) is 8.42. The Morgan fingerprint density at radius 3 is 2.53 bits per heavy atom. The Morgan fingerprint density at radius 1 is 1.06 bits per heavy atom. The van der Waals surface area contributed by atoms with Crippen LogP contribution in [-0.2, 0) is 28.0 Å². The Kier molecular flexibility index (Phi) is 5.36. The number of nitrogens with zero attached hydrogens (tertiary/aromatic N) is 1. The fraction of sp³-hybridized carbons (Fsp3) is 0.500. The number of piperidine rings is 1.